The first-order chi connectivity index (χ1) is 17.4. The number of nitro groups is 2. The van der Waals surface area contributed by atoms with E-state index in [0.29, 0.717) is 5.39 Å². The summed E-state index contributed by atoms with van der Waals surface area (Å²) in [5.74, 6) is -2.66. The molecule has 0 atom stereocenters. The molecule has 194 valence electrons. The van der Waals surface area contributed by atoms with Gasteiger partial charge in [0.15, 0.2) is 0 Å². The van der Waals surface area contributed by atoms with Crippen LogP contribution in [0.4, 0.5) is 11.4 Å². The van der Waals surface area contributed by atoms with Gasteiger partial charge in [-0.15, -0.1) is 0 Å². The number of carbonyl (C=O) groups excluding carboxylic acids is 1. The van der Waals surface area contributed by atoms with Crippen LogP contribution in [0.2, 0.25) is 10.0 Å². The minimum absolute atomic E-state index is 0.00519. The van der Waals surface area contributed by atoms with Crippen molar-refractivity contribution in [2.75, 3.05) is 21.3 Å². The lowest BCUT2D eigenvalue weighted by atomic mass is 10.2. The van der Waals surface area contributed by atoms with E-state index < -0.39 is 21.8 Å². The van der Waals surface area contributed by atoms with Gasteiger partial charge in [-0.2, -0.15) is 0 Å². The van der Waals surface area contributed by atoms with E-state index in [1.165, 1.54) is 33.5 Å². The topological polar surface area (TPSA) is 195 Å². The Kier molecular flexibility index (Phi) is 7.74. The van der Waals surface area contributed by atoms with Crippen molar-refractivity contribution in [3.05, 3.63) is 66.1 Å². The van der Waals surface area contributed by atoms with Gasteiger partial charge < -0.3 is 28.2 Å². The molecule has 0 spiro atoms. The molecule has 4 rings (SSSR count). The lowest BCUT2D eigenvalue weighted by molar-refractivity contribution is -0.385. The van der Waals surface area contributed by atoms with Gasteiger partial charge in [0.1, 0.15) is 21.2 Å². The van der Waals surface area contributed by atoms with Crippen molar-refractivity contribution in [1.29, 1.82) is 0 Å². The number of nitrogens with zero attached hydrogens (tertiary/aromatic N) is 2. The van der Waals surface area contributed by atoms with Gasteiger partial charge in [-0.05, 0) is 0 Å². The van der Waals surface area contributed by atoms with Crippen molar-refractivity contribution in [1.82, 2.24) is 0 Å². The Morgan fingerprint density at radius 1 is 0.811 bits per heavy atom. The summed E-state index contributed by atoms with van der Waals surface area (Å²) in [6.45, 7) is 0. The van der Waals surface area contributed by atoms with Crippen LogP contribution in [0.3, 0.4) is 0 Å². The first-order valence-corrected chi connectivity index (χ1v) is 10.4. The first-order valence-electron chi connectivity index (χ1n) is 9.65. The molecule has 16 heteroatoms. The highest BCUT2D eigenvalue weighted by molar-refractivity contribution is 6.38. The molecular weight excluding hydrogens is 543 g/mol. The zero-order chi connectivity index (χ0) is 27.6. The largest absolute Gasteiger partial charge is 0.489 e. The molecule has 0 aliphatic carbocycles. The summed E-state index contributed by atoms with van der Waals surface area (Å²) in [5.41, 5.74) is -0.602. The molecule has 14 nitrogen and oxygen atoms in total. The predicted molar refractivity (Wildman–Crippen MR) is 127 cm³/mol. The standard InChI is InChI=1S/C11H8ClNO6.C10H6ClNO6/c1-17-10-6(13(15)16)4-7-5(9(10)12)3-8(19-7)11(14)18-2;1-17-9-5(12(15)16)3-6-4(8(9)11)2-7(18-6)10(13)14/h3-4H,1-2H3;2-3H,1H3,(H,13,14). The Bertz CT molecular complexity index is 1570. The zero-order valence-electron chi connectivity index (χ0n) is 18.9. The van der Waals surface area contributed by atoms with E-state index in [0.717, 1.165) is 12.1 Å². The minimum Gasteiger partial charge on any atom is -0.489 e. The number of halogens is 2. The number of hydrogen-bond donors (Lipinski definition) is 1. The molecule has 2 aromatic heterocycles. The van der Waals surface area contributed by atoms with Crippen molar-refractivity contribution in [3.63, 3.8) is 0 Å². The third-order valence-corrected chi connectivity index (χ3v) is 5.54. The molecule has 37 heavy (non-hydrogen) atoms. The van der Waals surface area contributed by atoms with Crippen LogP contribution in [0.1, 0.15) is 21.1 Å². The van der Waals surface area contributed by atoms with E-state index in [9.17, 15) is 29.8 Å². The van der Waals surface area contributed by atoms with E-state index in [1.807, 2.05) is 0 Å². The molecule has 2 aromatic carbocycles. The smallest absolute Gasteiger partial charge is 0.373 e. The number of aromatic carboxylic acids is 1. The maximum absolute atomic E-state index is 11.3. The Morgan fingerprint density at radius 3 is 1.57 bits per heavy atom. The molecule has 0 aliphatic heterocycles. The van der Waals surface area contributed by atoms with E-state index in [2.05, 4.69) is 4.74 Å². The molecule has 2 heterocycles. The lowest BCUT2D eigenvalue weighted by Crippen LogP contribution is -1.97. The Hall–Kier alpha value is -4.56. The number of methoxy groups -OCH3 is 3. The summed E-state index contributed by atoms with van der Waals surface area (Å²) in [6.07, 6.45) is 0. The van der Waals surface area contributed by atoms with Crippen LogP contribution in [-0.2, 0) is 4.74 Å². The highest BCUT2D eigenvalue weighted by atomic mass is 35.5. The molecule has 4 aromatic rings. The highest BCUT2D eigenvalue weighted by Gasteiger charge is 2.26. The Morgan fingerprint density at radius 2 is 1.22 bits per heavy atom. The average molecular weight is 557 g/mol. The SMILES string of the molecule is COC(=O)c1cc2c(Cl)c(OC)c([N+](=O)[O-])cc2o1.COc1c([N+](=O)[O-])cc2oc(C(=O)O)cc2c1Cl. The number of esters is 1. The fourth-order valence-electron chi connectivity index (χ4n) is 3.18. The molecule has 0 fully saturated rings. The maximum atomic E-state index is 11.3. The van der Waals surface area contributed by atoms with E-state index >= 15 is 0 Å². The molecular formula is C21H14Cl2N2O12. The summed E-state index contributed by atoms with van der Waals surface area (Å²) in [5, 5.41) is 31.0. The molecule has 0 saturated heterocycles. The third kappa shape index (κ3) is 5.05. The van der Waals surface area contributed by atoms with Gasteiger partial charge in [-0.3, -0.25) is 20.2 Å². The first kappa shape index (κ1) is 27.0. The number of benzene rings is 2. The summed E-state index contributed by atoms with van der Waals surface area (Å²) in [7, 11) is 3.69. The Labute approximate surface area is 215 Å². The van der Waals surface area contributed by atoms with E-state index in [1.54, 1.807) is 0 Å². The summed E-state index contributed by atoms with van der Waals surface area (Å²) in [4.78, 5) is 42.5. The van der Waals surface area contributed by atoms with Crippen LogP contribution in [-0.4, -0.2) is 48.2 Å². The van der Waals surface area contributed by atoms with E-state index in [4.69, 9.17) is 46.6 Å². The number of hydrogen-bond acceptors (Lipinski definition) is 11. The molecule has 0 unspecified atom stereocenters. The molecule has 1 N–H and O–H groups in total. The second-order valence-electron chi connectivity index (χ2n) is 6.84. The van der Waals surface area contributed by atoms with Crippen LogP contribution in [0, 0.1) is 20.2 Å². The summed E-state index contributed by atoms with van der Waals surface area (Å²) >= 11 is 11.9. The minimum atomic E-state index is -1.29. The average Bonchev–Trinajstić information content (AvgIpc) is 3.49. The molecule has 0 aliphatic rings. The van der Waals surface area contributed by atoms with Crippen LogP contribution >= 0.6 is 23.2 Å². The number of rotatable bonds is 6. The predicted octanol–water partition coefficient (Wildman–Crippen LogP) is 5.49. The van der Waals surface area contributed by atoms with Crippen molar-refractivity contribution < 1.29 is 47.6 Å². The molecule has 0 saturated carbocycles. The summed E-state index contributed by atoms with van der Waals surface area (Å²) < 4.78 is 24.4. The number of carboxylic acid groups (broad SMARTS) is 1. The fourth-order valence-corrected chi connectivity index (χ4v) is 3.83. The monoisotopic (exact) mass is 556 g/mol. The number of nitro benzene ring substituents is 2. The number of carboxylic acids is 1. The van der Waals surface area contributed by atoms with Crippen LogP contribution in [0.15, 0.2) is 33.1 Å². The van der Waals surface area contributed by atoms with Crippen molar-refractivity contribution in [2.24, 2.45) is 0 Å². The van der Waals surface area contributed by atoms with Gasteiger partial charge >= 0.3 is 23.3 Å². The van der Waals surface area contributed by atoms with E-state index in [-0.39, 0.29) is 61.0 Å². The van der Waals surface area contributed by atoms with Crippen LogP contribution < -0.4 is 9.47 Å². The number of carbonyl (C=O) groups is 2. The van der Waals surface area contributed by atoms with Crippen LogP contribution in [0.5, 0.6) is 11.5 Å². The number of ether oxygens (including phenoxy) is 3. The second kappa shape index (κ2) is 10.6. The summed E-state index contributed by atoms with van der Waals surface area (Å²) in [6, 6.07) is 4.75. The van der Waals surface area contributed by atoms with Gasteiger partial charge in [-0.25, -0.2) is 9.59 Å². The number of fused-ring (bicyclic) bond motifs is 2. The van der Waals surface area contributed by atoms with Crippen molar-refractivity contribution in [2.45, 2.75) is 0 Å². The van der Waals surface area contributed by atoms with Crippen molar-refractivity contribution in [3.8, 4) is 11.5 Å². The molecule has 0 amide bonds. The van der Waals surface area contributed by atoms with Gasteiger partial charge in [0.05, 0.1) is 43.3 Å². The zero-order valence-corrected chi connectivity index (χ0v) is 20.4. The lowest BCUT2D eigenvalue weighted by Gasteiger charge is -2.03. The van der Waals surface area contributed by atoms with Gasteiger partial charge in [0, 0.05) is 22.9 Å². The number of furan rings is 2. The fraction of sp³-hybridized carbons (Fsp3) is 0.143. The van der Waals surface area contributed by atoms with Crippen LogP contribution in [0.25, 0.3) is 21.9 Å². The third-order valence-electron chi connectivity index (χ3n) is 4.79. The quantitative estimate of drug-likeness (QED) is 0.178. The normalized spacial score (nSPS) is 10.5. The highest BCUT2D eigenvalue weighted by Crippen LogP contribution is 2.43. The maximum Gasteiger partial charge on any atom is 0.373 e. The molecule has 0 radical (unpaired) electrons. The Balaban J connectivity index is 0.000000206. The van der Waals surface area contributed by atoms with Gasteiger partial charge in [-0.1, -0.05) is 23.2 Å². The van der Waals surface area contributed by atoms with Crippen molar-refractivity contribution >= 4 is 68.5 Å². The molecule has 0 bridgehead atoms. The second-order valence-corrected chi connectivity index (χ2v) is 7.60. The van der Waals surface area contributed by atoms with Gasteiger partial charge in [0.2, 0.25) is 23.0 Å². The van der Waals surface area contributed by atoms with Gasteiger partial charge in [0.25, 0.3) is 0 Å².